The van der Waals surface area contributed by atoms with Crippen LogP contribution in [0.5, 0.6) is 5.75 Å². The summed E-state index contributed by atoms with van der Waals surface area (Å²) in [6.45, 7) is 1.72. The fourth-order valence-corrected chi connectivity index (χ4v) is 4.08. The summed E-state index contributed by atoms with van der Waals surface area (Å²) in [5.41, 5.74) is 1.01. The number of furan rings is 1. The largest absolute Gasteiger partial charge is 0.493 e. The Morgan fingerprint density at radius 1 is 1.15 bits per heavy atom. The van der Waals surface area contributed by atoms with Gasteiger partial charge in [-0.3, -0.25) is 9.59 Å². The van der Waals surface area contributed by atoms with Crippen molar-refractivity contribution in [3.05, 3.63) is 52.4 Å². The van der Waals surface area contributed by atoms with E-state index in [0.29, 0.717) is 38.3 Å². The van der Waals surface area contributed by atoms with E-state index in [-0.39, 0.29) is 23.8 Å². The lowest BCUT2D eigenvalue weighted by Gasteiger charge is -2.33. The van der Waals surface area contributed by atoms with Gasteiger partial charge in [0.2, 0.25) is 5.91 Å². The molecule has 0 saturated carbocycles. The maximum absolute atomic E-state index is 12.8. The van der Waals surface area contributed by atoms with Crippen LogP contribution in [0.1, 0.15) is 41.4 Å². The van der Waals surface area contributed by atoms with Gasteiger partial charge in [-0.05, 0) is 43.2 Å². The Kier molecular flexibility index (Phi) is 5.20. The summed E-state index contributed by atoms with van der Waals surface area (Å²) in [4.78, 5) is 26.9. The van der Waals surface area contributed by atoms with Gasteiger partial charge < -0.3 is 19.4 Å². The minimum absolute atomic E-state index is 0.0402. The molecule has 2 aromatic rings. The van der Waals surface area contributed by atoms with Gasteiger partial charge in [-0.1, -0.05) is 15.9 Å². The first-order chi connectivity index (χ1) is 13.1. The van der Waals surface area contributed by atoms with E-state index >= 15 is 0 Å². The van der Waals surface area contributed by atoms with Gasteiger partial charge in [-0.15, -0.1) is 0 Å². The van der Waals surface area contributed by atoms with Crippen LogP contribution in [-0.2, 0) is 4.79 Å². The van der Waals surface area contributed by atoms with Crippen molar-refractivity contribution < 1.29 is 18.7 Å². The molecule has 6 nitrogen and oxygen atoms in total. The molecule has 0 spiro atoms. The second kappa shape index (κ2) is 7.76. The van der Waals surface area contributed by atoms with E-state index in [2.05, 4.69) is 21.2 Å². The summed E-state index contributed by atoms with van der Waals surface area (Å²) in [6.07, 6.45) is 3.57. The topological polar surface area (TPSA) is 71.8 Å². The SMILES string of the molecule is O=C(NC1CCOc2ccc(Br)cc21)C1CCN(C(=O)c2ccco2)CC1. The van der Waals surface area contributed by atoms with E-state index in [1.165, 1.54) is 6.26 Å². The van der Waals surface area contributed by atoms with E-state index in [9.17, 15) is 9.59 Å². The van der Waals surface area contributed by atoms with Crippen LogP contribution in [-0.4, -0.2) is 36.4 Å². The third-order valence-electron chi connectivity index (χ3n) is 5.21. The van der Waals surface area contributed by atoms with Crippen molar-refractivity contribution in [2.24, 2.45) is 5.92 Å². The summed E-state index contributed by atoms with van der Waals surface area (Å²) in [7, 11) is 0. The highest BCUT2D eigenvalue weighted by molar-refractivity contribution is 9.10. The van der Waals surface area contributed by atoms with Gasteiger partial charge in [-0.25, -0.2) is 0 Å². The predicted molar refractivity (Wildman–Crippen MR) is 102 cm³/mol. The van der Waals surface area contributed by atoms with E-state index in [1.54, 1.807) is 17.0 Å². The lowest BCUT2D eigenvalue weighted by molar-refractivity contribution is -0.127. The second-order valence-corrected chi connectivity index (χ2v) is 7.84. The third-order valence-corrected chi connectivity index (χ3v) is 5.71. The molecule has 1 aromatic heterocycles. The molecule has 1 N–H and O–H groups in total. The molecule has 2 aliphatic rings. The number of fused-ring (bicyclic) bond motifs is 1. The number of rotatable bonds is 3. The molecular weight excluding hydrogens is 412 g/mol. The van der Waals surface area contributed by atoms with Gasteiger partial charge in [0, 0.05) is 35.5 Å². The first-order valence-corrected chi connectivity index (χ1v) is 9.96. The third kappa shape index (κ3) is 3.88. The minimum Gasteiger partial charge on any atom is -0.493 e. The second-order valence-electron chi connectivity index (χ2n) is 6.92. The zero-order valence-electron chi connectivity index (χ0n) is 14.8. The maximum atomic E-state index is 12.8. The molecule has 7 heteroatoms. The van der Waals surface area contributed by atoms with E-state index in [0.717, 1.165) is 22.2 Å². The first kappa shape index (κ1) is 18.1. The number of nitrogens with zero attached hydrogens (tertiary/aromatic N) is 1. The molecule has 27 heavy (non-hydrogen) atoms. The number of hydrogen-bond donors (Lipinski definition) is 1. The van der Waals surface area contributed by atoms with Gasteiger partial charge in [0.05, 0.1) is 18.9 Å². The summed E-state index contributed by atoms with van der Waals surface area (Å²) in [6, 6.07) is 9.20. The monoisotopic (exact) mass is 432 g/mol. The molecule has 142 valence electrons. The lowest BCUT2D eigenvalue weighted by Crippen LogP contribution is -2.44. The number of likely N-dealkylation sites (tertiary alicyclic amines) is 1. The Bertz CT molecular complexity index is 829. The fraction of sp³-hybridized carbons (Fsp3) is 0.400. The molecule has 0 aliphatic carbocycles. The Balaban J connectivity index is 1.36. The highest BCUT2D eigenvalue weighted by atomic mass is 79.9. The summed E-state index contributed by atoms with van der Waals surface area (Å²) < 4.78 is 11.8. The van der Waals surface area contributed by atoms with Gasteiger partial charge in [0.1, 0.15) is 5.75 Å². The fourth-order valence-electron chi connectivity index (χ4n) is 3.71. The van der Waals surface area contributed by atoms with Crippen LogP contribution in [0.2, 0.25) is 0 Å². The normalized spacial score (nSPS) is 19.9. The van der Waals surface area contributed by atoms with Crippen molar-refractivity contribution >= 4 is 27.7 Å². The molecule has 0 bridgehead atoms. The minimum atomic E-state index is -0.109. The molecular formula is C20H21BrN2O4. The van der Waals surface area contributed by atoms with Crippen LogP contribution in [0, 0.1) is 5.92 Å². The van der Waals surface area contributed by atoms with Crippen LogP contribution in [0.15, 0.2) is 45.5 Å². The number of halogens is 1. The number of carbonyl (C=O) groups is 2. The molecule has 2 aliphatic heterocycles. The molecule has 1 atom stereocenters. The zero-order chi connectivity index (χ0) is 18.8. The Morgan fingerprint density at radius 2 is 1.96 bits per heavy atom. The average Bonchev–Trinajstić information content (AvgIpc) is 3.23. The van der Waals surface area contributed by atoms with Crippen LogP contribution in [0.4, 0.5) is 0 Å². The van der Waals surface area contributed by atoms with E-state index in [4.69, 9.17) is 9.15 Å². The van der Waals surface area contributed by atoms with Crippen molar-refractivity contribution in [3.8, 4) is 5.75 Å². The molecule has 1 saturated heterocycles. The molecule has 2 amide bonds. The molecule has 1 unspecified atom stereocenters. The van der Waals surface area contributed by atoms with Gasteiger partial charge in [0.25, 0.3) is 5.91 Å². The molecule has 1 fully saturated rings. The van der Waals surface area contributed by atoms with Crippen molar-refractivity contribution in [2.75, 3.05) is 19.7 Å². The summed E-state index contributed by atoms with van der Waals surface area (Å²) >= 11 is 3.48. The number of piperidine rings is 1. The van der Waals surface area contributed by atoms with E-state index < -0.39 is 0 Å². The van der Waals surface area contributed by atoms with Crippen LogP contribution in [0.25, 0.3) is 0 Å². The highest BCUT2D eigenvalue weighted by Gasteiger charge is 2.31. The number of amides is 2. The zero-order valence-corrected chi connectivity index (χ0v) is 16.4. The standard InChI is InChI=1S/C20H21BrN2O4/c21-14-3-4-17-15(12-14)16(7-11-27-17)22-19(24)13-5-8-23(9-6-13)20(25)18-2-1-10-26-18/h1-4,10,12-13,16H,5-9,11H2,(H,22,24). The molecule has 4 rings (SSSR count). The Morgan fingerprint density at radius 3 is 2.70 bits per heavy atom. The van der Waals surface area contributed by atoms with E-state index in [1.807, 2.05) is 18.2 Å². The maximum Gasteiger partial charge on any atom is 0.289 e. The average molecular weight is 433 g/mol. The quantitative estimate of drug-likeness (QED) is 0.804. The Labute approximate surface area is 166 Å². The highest BCUT2D eigenvalue weighted by Crippen LogP contribution is 2.34. The smallest absolute Gasteiger partial charge is 0.289 e. The van der Waals surface area contributed by atoms with Crippen molar-refractivity contribution in [3.63, 3.8) is 0 Å². The molecule has 3 heterocycles. The number of ether oxygens (including phenoxy) is 1. The van der Waals surface area contributed by atoms with Crippen LogP contribution in [0.3, 0.4) is 0 Å². The summed E-state index contributed by atoms with van der Waals surface area (Å²) in [5, 5.41) is 3.18. The number of nitrogens with one attached hydrogen (secondary N) is 1. The lowest BCUT2D eigenvalue weighted by atomic mass is 9.94. The number of benzene rings is 1. The van der Waals surface area contributed by atoms with Crippen molar-refractivity contribution in [2.45, 2.75) is 25.3 Å². The van der Waals surface area contributed by atoms with Crippen LogP contribution >= 0.6 is 15.9 Å². The molecule has 0 radical (unpaired) electrons. The number of carbonyl (C=O) groups excluding carboxylic acids is 2. The number of hydrogen-bond acceptors (Lipinski definition) is 4. The van der Waals surface area contributed by atoms with Gasteiger partial charge in [0.15, 0.2) is 5.76 Å². The molecule has 1 aromatic carbocycles. The first-order valence-electron chi connectivity index (χ1n) is 9.17. The van der Waals surface area contributed by atoms with Gasteiger partial charge >= 0.3 is 0 Å². The van der Waals surface area contributed by atoms with Gasteiger partial charge in [-0.2, -0.15) is 0 Å². The van der Waals surface area contributed by atoms with Crippen LogP contribution < -0.4 is 10.1 Å². The van der Waals surface area contributed by atoms with Crippen molar-refractivity contribution in [1.29, 1.82) is 0 Å². The Hall–Kier alpha value is -2.28. The summed E-state index contributed by atoms with van der Waals surface area (Å²) in [5.74, 6) is 1.04. The predicted octanol–water partition coefficient (Wildman–Crippen LogP) is 3.53. The van der Waals surface area contributed by atoms with Crippen molar-refractivity contribution in [1.82, 2.24) is 10.2 Å².